The molecule has 3 N–H and O–H groups in total. The monoisotopic (exact) mass is 377 g/mol. The fourth-order valence-electron chi connectivity index (χ4n) is 3.24. The molecule has 144 valence electrons. The molecule has 0 radical (unpaired) electrons. The molecule has 5 nitrogen and oxygen atoms in total. The molecule has 0 unspecified atom stereocenters. The van der Waals surface area contributed by atoms with Crippen molar-refractivity contribution < 1.29 is 9.53 Å². The number of hydrogen-bond donors (Lipinski definition) is 3. The van der Waals surface area contributed by atoms with Gasteiger partial charge in [-0.2, -0.15) is 0 Å². The highest BCUT2D eigenvalue weighted by atomic mass is 32.1. The summed E-state index contributed by atoms with van der Waals surface area (Å²) < 4.78 is 5.62. The van der Waals surface area contributed by atoms with E-state index in [2.05, 4.69) is 30.0 Å². The molecule has 0 spiro atoms. The number of hydrogen-bond acceptors (Lipinski definition) is 3. The Bertz CT molecular complexity index is 591. The number of benzene rings is 1. The van der Waals surface area contributed by atoms with Crippen LogP contribution in [-0.4, -0.2) is 23.7 Å². The summed E-state index contributed by atoms with van der Waals surface area (Å²) in [6, 6.07) is 8.27. The molecule has 0 aromatic heterocycles. The summed E-state index contributed by atoms with van der Waals surface area (Å²) >= 11 is 5.29. The van der Waals surface area contributed by atoms with E-state index in [0.29, 0.717) is 42.4 Å². The normalized spacial score (nSPS) is 22.3. The van der Waals surface area contributed by atoms with Crippen molar-refractivity contribution in [1.29, 1.82) is 0 Å². The topological polar surface area (TPSA) is 62.4 Å². The molecule has 1 saturated carbocycles. The zero-order valence-electron chi connectivity index (χ0n) is 16.0. The number of amides is 1. The van der Waals surface area contributed by atoms with Crippen molar-refractivity contribution in [2.75, 3.05) is 6.61 Å². The molecular formula is C20H31N3O2S. The molecule has 0 bridgehead atoms. The minimum absolute atomic E-state index is 0.0910. The van der Waals surface area contributed by atoms with Crippen LogP contribution in [0, 0.1) is 18.8 Å². The molecule has 1 aliphatic rings. The first-order valence-corrected chi connectivity index (χ1v) is 9.91. The predicted octanol–water partition coefficient (Wildman–Crippen LogP) is 3.47. The van der Waals surface area contributed by atoms with E-state index in [-0.39, 0.29) is 5.91 Å². The van der Waals surface area contributed by atoms with E-state index in [9.17, 15) is 4.79 Å². The maximum atomic E-state index is 11.9. The van der Waals surface area contributed by atoms with Gasteiger partial charge in [0, 0.05) is 12.5 Å². The molecule has 6 heteroatoms. The fraction of sp³-hybridized carbons (Fsp3) is 0.600. The van der Waals surface area contributed by atoms with E-state index in [0.717, 1.165) is 12.2 Å². The zero-order valence-corrected chi connectivity index (χ0v) is 16.8. The third-order valence-electron chi connectivity index (χ3n) is 5.18. The third-order valence-corrected chi connectivity index (χ3v) is 5.40. The highest BCUT2D eigenvalue weighted by Gasteiger charge is 2.27. The standard InChI is InChI=1S/C20H31N3O2S/c1-14-9-11-17(12-10-14)25-13-5-8-19(24)22-23-20(26)21-18-7-4-6-15(2)16(18)3/h9-12,15-16,18H,4-8,13H2,1-3H3,(H,22,24)(H2,21,23,26)/t15-,16-,18+/m0/s1. The Morgan fingerprint density at radius 2 is 1.92 bits per heavy atom. The summed E-state index contributed by atoms with van der Waals surface area (Å²) in [6.45, 7) is 7.10. The number of thiocarbonyl (C=S) groups is 1. The van der Waals surface area contributed by atoms with Gasteiger partial charge in [-0.05, 0) is 56.0 Å². The third kappa shape index (κ3) is 6.83. The number of ether oxygens (including phenoxy) is 1. The van der Waals surface area contributed by atoms with Crippen LogP contribution in [0.3, 0.4) is 0 Å². The largest absolute Gasteiger partial charge is 0.494 e. The average Bonchev–Trinajstić information content (AvgIpc) is 2.62. The van der Waals surface area contributed by atoms with E-state index in [1.54, 1.807) is 0 Å². The first-order valence-electron chi connectivity index (χ1n) is 9.50. The van der Waals surface area contributed by atoms with E-state index in [1.807, 2.05) is 31.2 Å². The van der Waals surface area contributed by atoms with Gasteiger partial charge >= 0.3 is 0 Å². The van der Waals surface area contributed by atoms with Gasteiger partial charge in [-0.25, -0.2) is 0 Å². The highest BCUT2D eigenvalue weighted by Crippen LogP contribution is 2.29. The summed E-state index contributed by atoms with van der Waals surface area (Å²) in [4.78, 5) is 11.9. The van der Waals surface area contributed by atoms with Gasteiger partial charge in [-0.1, -0.05) is 44.4 Å². The van der Waals surface area contributed by atoms with Crippen LogP contribution in [0.5, 0.6) is 5.75 Å². The van der Waals surface area contributed by atoms with Crippen LogP contribution in [0.15, 0.2) is 24.3 Å². The SMILES string of the molecule is Cc1ccc(OCCCC(=O)NNC(=S)N[C@@H]2CCC[C@H](C)[C@@H]2C)cc1. The summed E-state index contributed by atoms with van der Waals surface area (Å²) in [5, 5.41) is 3.81. The lowest BCUT2D eigenvalue weighted by atomic mass is 9.78. The smallest absolute Gasteiger partial charge is 0.238 e. The van der Waals surface area contributed by atoms with Crippen molar-refractivity contribution in [2.24, 2.45) is 11.8 Å². The van der Waals surface area contributed by atoms with Crippen LogP contribution in [0.1, 0.15) is 51.5 Å². The summed E-state index contributed by atoms with van der Waals surface area (Å²) in [5.41, 5.74) is 6.66. The lowest BCUT2D eigenvalue weighted by Gasteiger charge is -2.35. The second-order valence-electron chi connectivity index (χ2n) is 7.29. The molecule has 1 amide bonds. The zero-order chi connectivity index (χ0) is 18.9. The number of aryl methyl sites for hydroxylation is 1. The molecule has 1 aromatic rings. The Balaban J connectivity index is 1.57. The summed E-state index contributed by atoms with van der Waals surface area (Å²) in [7, 11) is 0. The van der Waals surface area contributed by atoms with Gasteiger partial charge in [0.25, 0.3) is 0 Å². The van der Waals surface area contributed by atoms with Crippen molar-refractivity contribution in [3.05, 3.63) is 29.8 Å². The van der Waals surface area contributed by atoms with E-state index < -0.39 is 0 Å². The summed E-state index contributed by atoms with van der Waals surface area (Å²) in [6.07, 6.45) is 4.66. The van der Waals surface area contributed by atoms with Crippen molar-refractivity contribution >= 4 is 23.2 Å². The Hall–Kier alpha value is -1.82. The van der Waals surface area contributed by atoms with Crippen LogP contribution in [-0.2, 0) is 4.79 Å². The van der Waals surface area contributed by atoms with Gasteiger partial charge < -0.3 is 10.1 Å². The Morgan fingerprint density at radius 3 is 2.65 bits per heavy atom. The fourth-order valence-corrected chi connectivity index (χ4v) is 3.44. The van der Waals surface area contributed by atoms with Crippen molar-refractivity contribution in [3.63, 3.8) is 0 Å². The molecule has 1 fully saturated rings. The second kappa shape index (κ2) is 10.4. The molecule has 26 heavy (non-hydrogen) atoms. The van der Waals surface area contributed by atoms with Gasteiger partial charge in [0.1, 0.15) is 5.75 Å². The Morgan fingerprint density at radius 1 is 1.19 bits per heavy atom. The van der Waals surface area contributed by atoms with Crippen molar-refractivity contribution in [1.82, 2.24) is 16.2 Å². The first kappa shape index (κ1) is 20.5. The maximum absolute atomic E-state index is 11.9. The lowest BCUT2D eigenvalue weighted by Crippen LogP contribution is -2.52. The van der Waals surface area contributed by atoms with Crippen LogP contribution >= 0.6 is 12.2 Å². The Kier molecular flexibility index (Phi) is 8.16. The van der Waals surface area contributed by atoms with Gasteiger partial charge in [-0.3, -0.25) is 15.6 Å². The number of carbonyl (C=O) groups is 1. The second-order valence-corrected chi connectivity index (χ2v) is 7.69. The van der Waals surface area contributed by atoms with Crippen LogP contribution < -0.4 is 20.9 Å². The molecule has 0 saturated heterocycles. The minimum atomic E-state index is -0.0910. The van der Waals surface area contributed by atoms with Crippen LogP contribution in [0.2, 0.25) is 0 Å². The molecule has 2 rings (SSSR count). The van der Waals surface area contributed by atoms with Gasteiger partial charge in [0.2, 0.25) is 5.91 Å². The molecule has 1 aliphatic carbocycles. The van der Waals surface area contributed by atoms with Crippen molar-refractivity contribution in [2.45, 2.75) is 58.9 Å². The van der Waals surface area contributed by atoms with E-state index in [1.165, 1.54) is 18.4 Å². The van der Waals surface area contributed by atoms with Gasteiger partial charge in [-0.15, -0.1) is 0 Å². The highest BCUT2D eigenvalue weighted by molar-refractivity contribution is 7.80. The summed E-state index contributed by atoms with van der Waals surface area (Å²) in [5.74, 6) is 2.02. The lowest BCUT2D eigenvalue weighted by molar-refractivity contribution is -0.121. The first-order chi connectivity index (χ1) is 12.5. The maximum Gasteiger partial charge on any atom is 0.238 e. The number of carbonyl (C=O) groups excluding carboxylic acids is 1. The van der Waals surface area contributed by atoms with Gasteiger partial charge in [0.15, 0.2) is 5.11 Å². The molecule has 0 aliphatic heterocycles. The number of nitrogens with one attached hydrogen (secondary N) is 3. The van der Waals surface area contributed by atoms with Crippen LogP contribution in [0.4, 0.5) is 0 Å². The molecular weight excluding hydrogens is 346 g/mol. The van der Waals surface area contributed by atoms with Crippen LogP contribution in [0.25, 0.3) is 0 Å². The molecule has 3 atom stereocenters. The Labute approximate surface area is 162 Å². The minimum Gasteiger partial charge on any atom is -0.494 e. The quantitative estimate of drug-likeness (QED) is 0.402. The molecule has 0 heterocycles. The number of hydrazine groups is 1. The molecule has 1 aromatic carbocycles. The van der Waals surface area contributed by atoms with Crippen molar-refractivity contribution in [3.8, 4) is 5.75 Å². The number of rotatable bonds is 6. The van der Waals surface area contributed by atoms with E-state index >= 15 is 0 Å². The van der Waals surface area contributed by atoms with Gasteiger partial charge in [0.05, 0.1) is 6.61 Å². The van der Waals surface area contributed by atoms with E-state index in [4.69, 9.17) is 17.0 Å². The average molecular weight is 378 g/mol. The predicted molar refractivity (Wildman–Crippen MR) is 109 cm³/mol.